The van der Waals surface area contributed by atoms with Crippen LogP contribution >= 0.6 is 0 Å². The van der Waals surface area contributed by atoms with Crippen LogP contribution in [0.25, 0.3) is 0 Å². The lowest BCUT2D eigenvalue weighted by atomic mass is 10.1. The zero-order chi connectivity index (χ0) is 15.5. The lowest BCUT2D eigenvalue weighted by molar-refractivity contribution is -0.384. The van der Waals surface area contributed by atoms with E-state index in [1.807, 2.05) is 0 Å². The molecule has 0 unspecified atom stereocenters. The number of nitrogens with one attached hydrogen (secondary N) is 1. The molecule has 118 valence electrons. The molecule has 0 bridgehead atoms. The fourth-order valence-electron chi connectivity index (χ4n) is 2.89. The molecule has 22 heavy (non-hydrogen) atoms. The van der Waals surface area contributed by atoms with Crippen molar-refractivity contribution in [1.29, 1.82) is 0 Å². The first-order valence-electron chi connectivity index (χ1n) is 7.99. The van der Waals surface area contributed by atoms with Crippen LogP contribution in [0.4, 0.5) is 11.4 Å². The maximum Gasteiger partial charge on any atom is 0.293 e. The molecule has 2 fully saturated rings. The van der Waals surface area contributed by atoms with Crippen LogP contribution in [0.3, 0.4) is 0 Å². The second kappa shape index (κ2) is 6.34. The quantitative estimate of drug-likeness (QED) is 0.685. The average Bonchev–Trinajstić information content (AvgIpc) is 3.33. The van der Waals surface area contributed by atoms with E-state index in [0.717, 1.165) is 38.8 Å². The van der Waals surface area contributed by atoms with Gasteiger partial charge >= 0.3 is 0 Å². The number of amides is 1. The Morgan fingerprint density at radius 2 is 1.86 bits per heavy atom. The number of carbonyl (C=O) groups excluding carboxylic acids is 1. The van der Waals surface area contributed by atoms with Gasteiger partial charge in [-0.15, -0.1) is 0 Å². The molecule has 1 heterocycles. The minimum Gasteiger partial charge on any atom is -0.366 e. The van der Waals surface area contributed by atoms with E-state index < -0.39 is 0 Å². The van der Waals surface area contributed by atoms with E-state index in [1.165, 1.54) is 18.9 Å². The lowest BCUT2D eigenvalue weighted by Crippen LogP contribution is -2.27. The summed E-state index contributed by atoms with van der Waals surface area (Å²) in [6, 6.07) is 5.09. The molecule has 6 nitrogen and oxygen atoms in total. The van der Waals surface area contributed by atoms with Crippen LogP contribution in [-0.2, 0) is 0 Å². The maximum atomic E-state index is 12.1. The van der Waals surface area contributed by atoms with Crippen molar-refractivity contribution in [3.05, 3.63) is 33.9 Å². The van der Waals surface area contributed by atoms with Crippen molar-refractivity contribution in [2.24, 2.45) is 0 Å². The van der Waals surface area contributed by atoms with E-state index in [0.29, 0.717) is 11.3 Å². The van der Waals surface area contributed by atoms with Gasteiger partial charge in [0.2, 0.25) is 0 Å². The van der Waals surface area contributed by atoms with Crippen molar-refractivity contribution in [2.75, 3.05) is 18.0 Å². The van der Waals surface area contributed by atoms with Crippen LogP contribution in [-0.4, -0.2) is 30.0 Å². The molecule has 0 atom stereocenters. The first-order chi connectivity index (χ1) is 10.6. The molecule has 1 aliphatic carbocycles. The molecule has 2 aliphatic rings. The third-order valence-electron chi connectivity index (χ3n) is 4.29. The number of hydrogen-bond donors (Lipinski definition) is 1. The Bertz CT molecular complexity index is 576. The van der Waals surface area contributed by atoms with Gasteiger partial charge in [0.15, 0.2) is 0 Å². The number of anilines is 1. The highest BCUT2D eigenvalue weighted by molar-refractivity contribution is 5.96. The van der Waals surface area contributed by atoms with Gasteiger partial charge in [-0.1, -0.05) is 12.8 Å². The number of hydrogen-bond acceptors (Lipinski definition) is 4. The van der Waals surface area contributed by atoms with E-state index in [-0.39, 0.29) is 22.6 Å². The minimum absolute atomic E-state index is 0.0327. The molecular weight excluding hydrogens is 282 g/mol. The summed E-state index contributed by atoms with van der Waals surface area (Å²) in [7, 11) is 0. The Hall–Kier alpha value is -2.11. The summed E-state index contributed by atoms with van der Waals surface area (Å²) in [6.45, 7) is 1.68. The summed E-state index contributed by atoms with van der Waals surface area (Å²) < 4.78 is 0. The average molecular weight is 303 g/mol. The van der Waals surface area contributed by atoms with Gasteiger partial charge in [0.1, 0.15) is 5.69 Å². The summed E-state index contributed by atoms with van der Waals surface area (Å²) in [4.78, 5) is 25.2. The summed E-state index contributed by atoms with van der Waals surface area (Å²) in [5.41, 5.74) is 1.04. The molecule has 1 aromatic rings. The van der Waals surface area contributed by atoms with Gasteiger partial charge in [0.05, 0.1) is 4.92 Å². The standard InChI is InChI=1S/C16H21N3O3/c20-16(17-13-6-7-13)12-5-8-14(15(11-12)19(21)22)18-9-3-1-2-4-10-18/h5,8,11,13H,1-4,6-7,9-10H2,(H,17,20). The number of benzene rings is 1. The summed E-state index contributed by atoms with van der Waals surface area (Å²) in [5, 5.41) is 14.3. The number of nitrogens with zero attached hydrogens (tertiary/aromatic N) is 2. The van der Waals surface area contributed by atoms with E-state index in [9.17, 15) is 14.9 Å². The Labute approximate surface area is 129 Å². The van der Waals surface area contributed by atoms with Crippen LogP contribution in [0.2, 0.25) is 0 Å². The normalized spacial score (nSPS) is 18.6. The fraction of sp³-hybridized carbons (Fsp3) is 0.562. The van der Waals surface area contributed by atoms with E-state index in [4.69, 9.17) is 0 Å². The van der Waals surface area contributed by atoms with E-state index in [1.54, 1.807) is 12.1 Å². The van der Waals surface area contributed by atoms with Gasteiger partial charge in [0, 0.05) is 30.8 Å². The predicted molar refractivity (Wildman–Crippen MR) is 84.3 cm³/mol. The molecule has 0 aromatic heterocycles. The topological polar surface area (TPSA) is 75.5 Å². The van der Waals surface area contributed by atoms with Crippen LogP contribution in [0.1, 0.15) is 48.9 Å². The molecule has 0 spiro atoms. The molecule has 1 saturated carbocycles. The third kappa shape index (κ3) is 3.37. The Morgan fingerprint density at radius 3 is 2.45 bits per heavy atom. The van der Waals surface area contributed by atoms with Gasteiger partial charge in [0.25, 0.3) is 11.6 Å². The fourth-order valence-corrected chi connectivity index (χ4v) is 2.89. The maximum absolute atomic E-state index is 12.1. The zero-order valence-corrected chi connectivity index (χ0v) is 12.6. The zero-order valence-electron chi connectivity index (χ0n) is 12.6. The largest absolute Gasteiger partial charge is 0.366 e. The monoisotopic (exact) mass is 303 g/mol. The highest BCUT2D eigenvalue weighted by atomic mass is 16.6. The first kappa shape index (κ1) is 14.8. The van der Waals surface area contributed by atoms with E-state index >= 15 is 0 Å². The predicted octanol–water partition coefficient (Wildman–Crippen LogP) is 2.87. The number of carbonyl (C=O) groups is 1. The summed E-state index contributed by atoms with van der Waals surface area (Å²) in [5.74, 6) is -0.215. The van der Waals surface area contributed by atoms with Gasteiger partial charge < -0.3 is 10.2 Å². The number of rotatable bonds is 4. The molecule has 0 radical (unpaired) electrons. The third-order valence-corrected chi connectivity index (χ3v) is 4.29. The second-order valence-corrected chi connectivity index (χ2v) is 6.11. The number of nitro groups is 1. The molecule has 6 heteroatoms. The Kier molecular flexibility index (Phi) is 4.27. The van der Waals surface area contributed by atoms with Crippen molar-refractivity contribution < 1.29 is 9.72 Å². The molecule has 1 aromatic carbocycles. The summed E-state index contributed by atoms with van der Waals surface area (Å²) >= 11 is 0. The van der Waals surface area contributed by atoms with Crippen LogP contribution in [0, 0.1) is 10.1 Å². The van der Waals surface area contributed by atoms with Crippen molar-refractivity contribution in [3.63, 3.8) is 0 Å². The Morgan fingerprint density at radius 1 is 1.18 bits per heavy atom. The highest BCUT2D eigenvalue weighted by Crippen LogP contribution is 2.31. The van der Waals surface area contributed by atoms with Gasteiger partial charge in [-0.3, -0.25) is 14.9 Å². The minimum atomic E-state index is -0.381. The van der Waals surface area contributed by atoms with Crippen molar-refractivity contribution >= 4 is 17.3 Å². The second-order valence-electron chi connectivity index (χ2n) is 6.11. The van der Waals surface area contributed by atoms with Crippen LogP contribution in [0.15, 0.2) is 18.2 Å². The van der Waals surface area contributed by atoms with Crippen LogP contribution in [0.5, 0.6) is 0 Å². The molecule has 1 N–H and O–H groups in total. The molecular formula is C16H21N3O3. The molecule has 1 aliphatic heterocycles. The van der Waals surface area contributed by atoms with Gasteiger partial charge in [-0.2, -0.15) is 0 Å². The van der Waals surface area contributed by atoms with Gasteiger partial charge in [-0.25, -0.2) is 0 Å². The van der Waals surface area contributed by atoms with Crippen LogP contribution < -0.4 is 10.2 Å². The van der Waals surface area contributed by atoms with Crippen molar-refractivity contribution in [2.45, 2.75) is 44.6 Å². The van der Waals surface area contributed by atoms with E-state index in [2.05, 4.69) is 10.2 Å². The Balaban J connectivity index is 1.85. The van der Waals surface area contributed by atoms with Crippen molar-refractivity contribution in [3.8, 4) is 0 Å². The molecule has 1 amide bonds. The van der Waals surface area contributed by atoms with Gasteiger partial charge in [-0.05, 0) is 37.8 Å². The summed E-state index contributed by atoms with van der Waals surface area (Å²) in [6.07, 6.45) is 6.46. The number of nitro benzene ring substituents is 1. The lowest BCUT2D eigenvalue weighted by Gasteiger charge is -2.22. The van der Waals surface area contributed by atoms with Crippen molar-refractivity contribution in [1.82, 2.24) is 5.32 Å². The molecule has 1 saturated heterocycles. The smallest absolute Gasteiger partial charge is 0.293 e. The first-order valence-corrected chi connectivity index (χ1v) is 7.99. The molecule has 3 rings (SSSR count). The highest BCUT2D eigenvalue weighted by Gasteiger charge is 2.26. The SMILES string of the molecule is O=C(NC1CC1)c1ccc(N2CCCCCC2)c([N+](=O)[O-])c1.